The number of carbonyl (C=O) groups excluding carboxylic acids is 3. The predicted molar refractivity (Wildman–Crippen MR) is 152 cm³/mol. The Morgan fingerprint density at radius 1 is 0.867 bits per heavy atom. The van der Waals surface area contributed by atoms with E-state index in [1.54, 1.807) is 0 Å². The van der Waals surface area contributed by atoms with Crippen molar-refractivity contribution in [2.45, 2.75) is 12.4 Å². The van der Waals surface area contributed by atoms with E-state index in [1.165, 1.54) is 19.2 Å². The number of carbonyl (C=O) groups is 3. The molecule has 0 spiro atoms. The van der Waals surface area contributed by atoms with Crippen molar-refractivity contribution in [3.8, 4) is 5.75 Å². The van der Waals surface area contributed by atoms with Gasteiger partial charge in [-0.1, -0.05) is 6.07 Å². The molecule has 45 heavy (non-hydrogen) atoms. The van der Waals surface area contributed by atoms with Crippen LogP contribution in [0.2, 0.25) is 0 Å². The molecule has 8 nitrogen and oxygen atoms in total. The molecule has 17 heteroatoms. The second-order valence-corrected chi connectivity index (χ2v) is 10.8. The van der Waals surface area contributed by atoms with E-state index in [1.807, 2.05) is 0 Å². The lowest BCUT2D eigenvalue weighted by Crippen LogP contribution is -2.26. The van der Waals surface area contributed by atoms with Crippen molar-refractivity contribution in [3.63, 3.8) is 0 Å². The molecule has 0 atom stereocenters. The zero-order chi connectivity index (χ0) is 33.1. The smallest absolute Gasteiger partial charge is 0.460 e. The van der Waals surface area contributed by atoms with Gasteiger partial charge < -0.3 is 20.7 Å². The number of fused-ring (bicyclic) bond motifs is 1. The van der Waals surface area contributed by atoms with E-state index in [0.29, 0.717) is 29.5 Å². The zero-order valence-corrected chi connectivity index (χ0v) is 24.2. The molecular weight excluding hydrogens is 655 g/mol. The molecule has 236 valence electrons. The highest BCUT2D eigenvalue weighted by atomic mass is 32.1. The summed E-state index contributed by atoms with van der Waals surface area (Å²) in [5.74, 6) is -4.22. The van der Waals surface area contributed by atoms with Gasteiger partial charge in [-0.15, -0.1) is 11.3 Å². The molecule has 0 aliphatic heterocycles. The van der Waals surface area contributed by atoms with Crippen molar-refractivity contribution in [2.75, 3.05) is 30.0 Å². The van der Waals surface area contributed by atoms with Crippen LogP contribution in [0.4, 0.5) is 42.1 Å². The van der Waals surface area contributed by atoms with Gasteiger partial charge in [0.05, 0.1) is 36.0 Å². The van der Waals surface area contributed by atoms with E-state index in [4.69, 9.17) is 4.74 Å². The molecule has 4 rings (SSSR count). The fraction of sp³-hybridized carbons (Fsp3) is 0.179. The third-order valence-electron chi connectivity index (χ3n) is 6.17. The standard InChI is InChI=1S/C28H18F7N3O5S2/c1-43-20-7-2-13(24(39)36-8-9-44-42)10-17(20)25(40)38-22-16-5-3-14(27(30,31)32)11-21(16)45-23(22)26(41)37-15-4-6-19(29)18(12-15)28(33,34)35/h2-7,10-12H,8-9H2,1H3,(H2-,36,37,38,39,40,41)/p+1. The van der Waals surface area contributed by atoms with Gasteiger partial charge in [0.25, 0.3) is 17.7 Å². The molecule has 3 N–H and O–H groups in total. The Balaban J connectivity index is 1.76. The van der Waals surface area contributed by atoms with Crippen molar-refractivity contribution in [2.24, 2.45) is 0 Å². The minimum absolute atomic E-state index is 0.00316. The molecule has 0 saturated heterocycles. The highest BCUT2D eigenvalue weighted by Crippen LogP contribution is 2.41. The van der Waals surface area contributed by atoms with Crippen LogP contribution in [0.15, 0.2) is 54.6 Å². The second-order valence-electron chi connectivity index (χ2n) is 9.11. The van der Waals surface area contributed by atoms with E-state index in [0.717, 1.165) is 24.3 Å². The van der Waals surface area contributed by atoms with E-state index >= 15 is 0 Å². The number of ether oxygens (including phenoxy) is 1. The first-order valence-corrected chi connectivity index (χ1v) is 14.2. The molecule has 1 heterocycles. The third-order valence-corrected chi connectivity index (χ3v) is 7.69. The molecule has 0 saturated carbocycles. The number of benzene rings is 3. The van der Waals surface area contributed by atoms with Crippen molar-refractivity contribution in [1.29, 1.82) is 0 Å². The first-order chi connectivity index (χ1) is 21.1. The highest BCUT2D eigenvalue weighted by Gasteiger charge is 2.35. The van der Waals surface area contributed by atoms with E-state index in [-0.39, 0.29) is 56.6 Å². The molecule has 0 aliphatic carbocycles. The Morgan fingerprint density at radius 3 is 2.24 bits per heavy atom. The van der Waals surface area contributed by atoms with Crippen molar-refractivity contribution >= 4 is 62.2 Å². The van der Waals surface area contributed by atoms with Crippen LogP contribution < -0.4 is 20.7 Å². The Labute approximate surface area is 257 Å². The number of hydrogen-bond acceptors (Lipinski definition) is 6. The lowest BCUT2D eigenvalue weighted by Gasteiger charge is -2.13. The largest absolute Gasteiger partial charge is 0.496 e. The first-order valence-electron chi connectivity index (χ1n) is 12.5. The lowest BCUT2D eigenvalue weighted by atomic mass is 10.1. The van der Waals surface area contributed by atoms with Crippen LogP contribution in [0, 0.1) is 5.82 Å². The molecule has 0 unspecified atom stereocenters. The number of hydrogen-bond donors (Lipinski definition) is 3. The number of amides is 3. The van der Waals surface area contributed by atoms with Crippen LogP contribution in [0.5, 0.6) is 5.75 Å². The average Bonchev–Trinajstić information content (AvgIpc) is 3.34. The summed E-state index contributed by atoms with van der Waals surface area (Å²) in [4.78, 5) is 38.9. The monoisotopic (exact) mass is 674 g/mol. The van der Waals surface area contributed by atoms with Gasteiger partial charge in [-0.05, 0) is 48.5 Å². The number of nitrogens with one attached hydrogen (secondary N) is 3. The average molecular weight is 675 g/mol. The second kappa shape index (κ2) is 13.2. The summed E-state index contributed by atoms with van der Waals surface area (Å²) >= 11 is 0.770. The van der Waals surface area contributed by atoms with E-state index in [9.17, 15) is 49.3 Å². The molecule has 4 aromatic rings. The summed E-state index contributed by atoms with van der Waals surface area (Å²) in [6.45, 7) is 0.0400. The van der Waals surface area contributed by atoms with Crippen LogP contribution >= 0.6 is 11.3 Å². The Hall–Kier alpha value is -4.64. The van der Waals surface area contributed by atoms with E-state index in [2.05, 4.69) is 16.0 Å². The normalized spacial score (nSPS) is 11.6. The number of thiophene rings is 1. The predicted octanol–water partition coefficient (Wildman–Crippen LogP) is 6.75. The van der Waals surface area contributed by atoms with Crippen LogP contribution in [-0.4, -0.2) is 37.1 Å². The molecule has 0 aliphatic rings. The van der Waals surface area contributed by atoms with Gasteiger partial charge in [-0.25, -0.2) is 4.39 Å². The maximum Gasteiger partial charge on any atom is 0.460 e. The number of rotatable bonds is 9. The zero-order valence-electron chi connectivity index (χ0n) is 22.6. The molecule has 1 aromatic heterocycles. The van der Waals surface area contributed by atoms with Gasteiger partial charge in [0.1, 0.15) is 16.4 Å². The van der Waals surface area contributed by atoms with Gasteiger partial charge in [-0.2, -0.15) is 26.3 Å². The van der Waals surface area contributed by atoms with Gasteiger partial charge >= 0.3 is 24.0 Å². The van der Waals surface area contributed by atoms with Gasteiger partial charge in [0, 0.05) is 25.5 Å². The summed E-state index contributed by atoms with van der Waals surface area (Å²) in [5, 5.41) is 7.08. The van der Waals surface area contributed by atoms with E-state index < -0.39 is 57.6 Å². The summed E-state index contributed by atoms with van der Waals surface area (Å²) in [7, 11) is 1.23. The maximum absolute atomic E-state index is 13.8. The molecule has 3 amide bonds. The van der Waals surface area contributed by atoms with Gasteiger partial charge in [0.15, 0.2) is 0 Å². The number of alkyl halides is 6. The van der Waals surface area contributed by atoms with Gasteiger partial charge in [-0.3, -0.25) is 14.4 Å². The first kappa shape index (κ1) is 33.3. The fourth-order valence-electron chi connectivity index (χ4n) is 4.08. The maximum atomic E-state index is 13.8. The Bertz CT molecular complexity index is 1810. The number of halogens is 7. The molecule has 3 aromatic carbocycles. The SMILES string of the molecule is COc1ccc(C(=O)NCC[S+]=O)cc1C(=O)Nc1c(C(=O)Nc2ccc(F)c(C(F)(F)F)c2)sc2cc(C(F)(F)F)ccc12. The quantitative estimate of drug-likeness (QED) is 0.103. The summed E-state index contributed by atoms with van der Waals surface area (Å²) in [5.41, 5.74) is -3.71. The van der Waals surface area contributed by atoms with Crippen molar-refractivity contribution in [3.05, 3.63) is 87.5 Å². The van der Waals surface area contributed by atoms with Crippen LogP contribution in [0.1, 0.15) is 41.5 Å². The van der Waals surface area contributed by atoms with Crippen molar-refractivity contribution < 1.29 is 54.1 Å². The van der Waals surface area contributed by atoms with Crippen LogP contribution in [-0.2, 0) is 28.2 Å². The molecule has 0 fully saturated rings. The topological polar surface area (TPSA) is 114 Å². The number of anilines is 2. The minimum Gasteiger partial charge on any atom is -0.496 e. The number of methoxy groups -OCH3 is 1. The Kier molecular flexibility index (Phi) is 9.72. The van der Waals surface area contributed by atoms with Crippen LogP contribution in [0.3, 0.4) is 0 Å². The highest BCUT2D eigenvalue weighted by molar-refractivity contribution is 7.65. The molecule has 0 radical (unpaired) electrons. The fourth-order valence-corrected chi connectivity index (χ4v) is 5.36. The van der Waals surface area contributed by atoms with Crippen LogP contribution in [0.25, 0.3) is 10.1 Å². The molecule has 0 bridgehead atoms. The van der Waals surface area contributed by atoms with Crippen molar-refractivity contribution in [1.82, 2.24) is 5.32 Å². The Morgan fingerprint density at radius 2 is 1.60 bits per heavy atom. The van der Waals surface area contributed by atoms with Gasteiger partial charge in [0.2, 0.25) is 5.75 Å². The third kappa shape index (κ3) is 7.54. The minimum atomic E-state index is -5.09. The lowest BCUT2D eigenvalue weighted by molar-refractivity contribution is -0.140. The summed E-state index contributed by atoms with van der Waals surface area (Å²) in [6.07, 6.45) is -9.85. The summed E-state index contributed by atoms with van der Waals surface area (Å²) < 4.78 is 109. The molecular formula is C28H19F7N3O5S2+. The summed E-state index contributed by atoms with van der Waals surface area (Å²) in [6, 6.07) is 7.93.